The Morgan fingerprint density at radius 1 is 1.29 bits per heavy atom. The first kappa shape index (κ1) is 16.4. The Bertz CT molecular complexity index is 239. The van der Waals surface area contributed by atoms with Crippen LogP contribution >= 0.6 is 0 Å². The van der Waals surface area contributed by atoms with Gasteiger partial charge in [0, 0.05) is 18.5 Å². The van der Waals surface area contributed by atoms with Crippen molar-refractivity contribution >= 4 is 5.91 Å². The zero-order valence-electron chi connectivity index (χ0n) is 12.4. The third-order valence-corrected chi connectivity index (χ3v) is 3.17. The molecule has 3 N–H and O–H groups in total. The van der Waals surface area contributed by atoms with E-state index in [4.69, 9.17) is 5.73 Å². The van der Waals surface area contributed by atoms with E-state index in [0.717, 1.165) is 12.8 Å². The Kier molecular flexibility index (Phi) is 6.17. The largest absolute Gasteiger partial charge is 0.350 e. The summed E-state index contributed by atoms with van der Waals surface area (Å²) in [5.41, 5.74) is 5.71. The molecule has 0 aromatic carbocycles. The van der Waals surface area contributed by atoms with E-state index < -0.39 is 0 Å². The molecule has 3 heteroatoms. The minimum atomic E-state index is -0.251. The van der Waals surface area contributed by atoms with Gasteiger partial charge in [-0.2, -0.15) is 0 Å². The van der Waals surface area contributed by atoms with Crippen molar-refractivity contribution in [1.82, 2.24) is 5.32 Å². The van der Waals surface area contributed by atoms with Crippen LogP contribution in [0.25, 0.3) is 0 Å². The van der Waals surface area contributed by atoms with Crippen LogP contribution in [0.1, 0.15) is 60.8 Å². The van der Waals surface area contributed by atoms with Crippen LogP contribution in [0.4, 0.5) is 0 Å². The van der Waals surface area contributed by atoms with Crippen molar-refractivity contribution in [1.29, 1.82) is 0 Å². The van der Waals surface area contributed by atoms with Gasteiger partial charge < -0.3 is 11.1 Å². The molecular weight excluding hydrogens is 212 g/mol. The van der Waals surface area contributed by atoms with Crippen LogP contribution in [0.3, 0.4) is 0 Å². The number of rotatable bonds is 6. The second-order valence-electron chi connectivity index (χ2n) is 6.74. The van der Waals surface area contributed by atoms with E-state index in [1.807, 2.05) is 13.8 Å². The first-order valence-corrected chi connectivity index (χ1v) is 6.63. The third kappa shape index (κ3) is 7.37. The fourth-order valence-corrected chi connectivity index (χ4v) is 2.11. The molecule has 0 aromatic rings. The zero-order valence-corrected chi connectivity index (χ0v) is 12.4. The highest BCUT2D eigenvalue weighted by molar-refractivity contribution is 5.77. The van der Waals surface area contributed by atoms with Crippen LogP contribution in [0.5, 0.6) is 0 Å². The maximum absolute atomic E-state index is 11.9. The molecule has 0 saturated carbocycles. The van der Waals surface area contributed by atoms with E-state index in [0.29, 0.717) is 18.9 Å². The Morgan fingerprint density at radius 2 is 1.82 bits per heavy atom. The molecule has 0 heterocycles. The monoisotopic (exact) mass is 242 g/mol. The lowest BCUT2D eigenvalue weighted by Gasteiger charge is -2.29. The topological polar surface area (TPSA) is 55.1 Å². The first-order valence-electron chi connectivity index (χ1n) is 6.63. The van der Waals surface area contributed by atoms with Crippen LogP contribution < -0.4 is 11.1 Å². The molecule has 0 aliphatic carbocycles. The Hall–Kier alpha value is -0.570. The quantitative estimate of drug-likeness (QED) is 0.752. The van der Waals surface area contributed by atoms with Gasteiger partial charge in [-0.3, -0.25) is 4.79 Å². The van der Waals surface area contributed by atoms with Gasteiger partial charge in [-0.05, 0) is 31.1 Å². The van der Waals surface area contributed by atoms with E-state index in [-0.39, 0.29) is 16.9 Å². The fraction of sp³-hybridized carbons (Fsp3) is 0.929. The fourth-order valence-electron chi connectivity index (χ4n) is 2.11. The molecule has 0 fully saturated rings. The van der Waals surface area contributed by atoms with Crippen molar-refractivity contribution < 1.29 is 4.79 Å². The second kappa shape index (κ2) is 6.39. The highest BCUT2D eigenvalue weighted by Gasteiger charge is 2.24. The summed E-state index contributed by atoms with van der Waals surface area (Å²) in [6.07, 6.45) is 2.52. The molecule has 102 valence electrons. The SMILES string of the molecule is CCC(C)(CN)NC(=O)CC(C)CC(C)(C)C. The van der Waals surface area contributed by atoms with Crippen molar-refractivity contribution in [3.8, 4) is 0 Å². The van der Waals surface area contributed by atoms with Gasteiger partial charge in [-0.15, -0.1) is 0 Å². The molecule has 3 nitrogen and oxygen atoms in total. The highest BCUT2D eigenvalue weighted by atomic mass is 16.1. The number of amides is 1. The molecule has 0 bridgehead atoms. The molecule has 0 radical (unpaired) electrons. The van der Waals surface area contributed by atoms with Gasteiger partial charge in [0.25, 0.3) is 0 Å². The van der Waals surface area contributed by atoms with E-state index in [2.05, 4.69) is 33.0 Å². The summed E-state index contributed by atoms with van der Waals surface area (Å²) in [5.74, 6) is 0.533. The van der Waals surface area contributed by atoms with Gasteiger partial charge in [0.15, 0.2) is 0 Å². The van der Waals surface area contributed by atoms with Crippen molar-refractivity contribution in [3.63, 3.8) is 0 Å². The number of nitrogens with two attached hydrogens (primary N) is 1. The van der Waals surface area contributed by atoms with Gasteiger partial charge in [0.2, 0.25) is 5.91 Å². The van der Waals surface area contributed by atoms with Crippen molar-refractivity contribution in [2.75, 3.05) is 6.54 Å². The van der Waals surface area contributed by atoms with Crippen molar-refractivity contribution in [2.24, 2.45) is 17.1 Å². The zero-order chi connectivity index (χ0) is 13.7. The minimum absolute atomic E-state index is 0.122. The van der Waals surface area contributed by atoms with Crippen LogP contribution in [0.15, 0.2) is 0 Å². The number of hydrogen-bond acceptors (Lipinski definition) is 2. The maximum Gasteiger partial charge on any atom is 0.220 e. The summed E-state index contributed by atoms with van der Waals surface area (Å²) in [6.45, 7) is 13.3. The molecule has 0 aromatic heterocycles. The van der Waals surface area contributed by atoms with Crippen LogP contribution in [-0.2, 0) is 4.79 Å². The van der Waals surface area contributed by atoms with Gasteiger partial charge in [-0.1, -0.05) is 34.6 Å². The van der Waals surface area contributed by atoms with Crippen LogP contribution in [-0.4, -0.2) is 18.0 Å². The van der Waals surface area contributed by atoms with E-state index in [9.17, 15) is 4.79 Å². The predicted octanol–water partition coefficient (Wildman–Crippen LogP) is 2.69. The Balaban J connectivity index is 4.18. The maximum atomic E-state index is 11.9. The molecule has 0 rings (SSSR count). The smallest absolute Gasteiger partial charge is 0.220 e. The number of hydrogen-bond donors (Lipinski definition) is 2. The van der Waals surface area contributed by atoms with E-state index in [1.165, 1.54) is 0 Å². The molecular formula is C14H30N2O. The summed E-state index contributed by atoms with van der Waals surface area (Å²) in [6, 6.07) is 0. The molecule has 0 spiro atoms. The standard InChI is InChI=1S/C14H30N2O/c1-7-14(6,10-15)16-12(17)8-11(2)9-13(3,4)5/h11H,7-10,15H2,1-6H3,(H,16,17). The molecule has 0 aliphatic heterocycles. The third-order valence-electron chi connectivity index (χ3n) is 3.17. The summed E-state index contributed by atoms with van der Waals surface area (Å²) in [7, 11) is 0. The average molecular weight is 242 g/mol. The first-order chi connectivity index (χ1) is 7.62. The molecule has 1 amide bonds. The highest BCUT2D eigenvalue weighted by Crippen LogP contribution is 2.26. The summed E-state index contributed by atoms with van der Waals surface area (Å²) >= 11 is 0. The van der Waals surface area contributed by atoms with Gasteiger partial charge >= 0.3 is 0 Å². The van der Waals surface area contributed by atoms with Crippen LogP contribution in [0.2, 0.25) is 0 Å². The van der Waals surface area contributed by atoms with E-state index >= 15 is 0 Å². The van der Waals surface area contributed by atoms with Gasteiger partial charge in [0.1, 0.15) is 0 Å². The predicted molar refractivity (Wildman–Crippen MR) is 73.7 cm³/mol. The summed E-state index contributed by atoms with van der Waals surface area (Å²) in [4.78, 5) is 11.9. The molecule has 2 atom stereocenters. The lowest BCUT2D eigenvalue weighted by molar-refractivity contribution is -0.123. The number of carbonyl (C=O) groups excluding carboxylic acids is 1. The number of nitrogens with one attached hydrogen (secondary N) is 1. The summed E-state index contributed by atoms with van der Waals surface area (Å²) in [5, 5.41) is 3.05. The normalized spacial score (nSPS) is 17.4. The lowest BCUT2D eigenvalue weighted by atomic mass is 9.84. The van der Waals surface area contributed by atoms with Gasteiger partial charge in [-0.25, -0.2) is 0 Å². The lowest BCUT2D eigenvalue weighted by Crippen LogP contribution is -2.51. The minimum Gasteiger partial charge on any atom is -0.350 e. The molecule has 0 aliphatic rings. The molecule has 17 heavy (non-hydrogen) atoms. The summed E-state index contributed by atoms with van der Waals surface area (Å²) < 4.78 is 0. The van der Waals surface area contributed by atoms with Crippen molar-refractivity contribution in [3.05, 3.63) is 0 Å². The molecule has 2 unspecified atom stereocenters. The number of carbonyl (C=O) groups is 1. The van der Waals surface area contributed by atoms with Gasteiger partial charge in [0.05, 0.1) is 0 Å². The van der Waals surface area contributed by atoms with E-state index in [1.54, 1.807) is 0 Å². The second-order valence-corrected chi connectivity index (χ2v) is 6.74. The molecule has 0 saturated heterocycles. The van der Waals surface area contributed by atoms with Crippen LogP contribution in [0, 0.1) is 11.3 Å². The Labute approximate surface area is 107 Å². The van der Waals surface area contributed by atoms with Crippen molar-refractivity contribution in [2.45, 2.75) is 66.3 Å². The average Bonchev–Trinajstić information content (AvgIpc) is 2.14. The Morgan fingerprint density at radius 3 is 2.18 bits per heavy atom.